The molecule has 0 spiro atoms. The number of nitrogens with zero attached hydrogens (tertiary/aromatic N) is 1. The maximum Gasteiger partial charge on any atom is 0.335 e. The van der Waals surface area contributed by atoms with Gasteiger partial charge in [0.2, 0.25) is 0 Å². The number of esters is 1. The van der Waals surface area contributed by atoms with E-state index in [1.165, 1.54) is 0 Å². The van der Waals surface area contributed by atoms with E-state index in [1.54, 1.807) is 6.92 Å². The van der Waals surface area contributed by atoms with Gasteiger partial charge in [0, 0.05) is 19.7 Å². The third kappa shape index (κ3) is 5.16. The zero-order valence-electron chi connectivity index (χ0n) is 12.2. The van der Waals surface area contributed by atoms with Gasteiger partial charge in [0.15, 0.2) is 12.7 Å². The van der Waals surface area contributed by atoms with Crippen molar-refractivity contribution in [3.8, 4) is 0 Å². The van der Waals surface area contributed by atoms with Crippen LogP contribution in [-0.2, 0) is 19.1 Å². The van der Waals surface area contributed by atoms with E-state index in [4.69, 9.17) is 9.47 Å². The molecule has 7 nitrogen and oxygen atoms in total. The van der Waals surface area contributed by atoms with E-state index in [2.05, 4.69) is 19.2 Å². The fourth-order valence-electron chi connectivity index (χ4n) is 1.59. The molecule has 0 aromatic rings. The van der Waals surface area contributed by atoms with E-state index >= 15 is 0 Å². The van der Waals surface area contributed by atoms with Gasteiger partial charge in [-0.2, -0.15) is 0 Å². The van der Waals surface area contributed by atoms with Crippen LogP contribution >= 0.6 is 0 Å². The summed E-state index contributed by atoms with van der Waals surface area (Å²) in [4.78, 5) is 35.5. The van der Waals surface area contributed by atoms with Crippen molar-refractivity contribution < 1.29 is 23.9 Å². The number of carbonyl (C=O) groups is 3. The number of urea groups is 1. The molecule has 3 amide bonds. The molecule has 1 unspecified atom stereocenters. The first-order valence-electron chi connectivity index (χ1n) is 6.78. The van der Waals surface area contributed by atoms with Crippen molar-refractivity contribution in [3.05, 3.63) is 0 Å². The van der Waals surface area contributed by atoms with Gasteiger partial charge in [-0.05, 0) is 19.3 Å². The first kappa shape index (κ1) is 16.4. The Hall–Kier alpha value is -1.63. The SMILES string of the molecule is CC(C)CCOC(C)C(=O)OCC(=O)N1CCNC1=O. The molecule has 0 aromatic heterocycles. The lowest BCUT2D eigenvalue weighted by Crippen LogP contribution is -2.38. The van der Waals surface area contributed by atoms with Crippen LogP contribution in [0.15, 0.2) is 0 Å². The Kier molecular flexibility index (Phi) is 6.44. The summed E-state index contributed by atoms with van der Waals surface area (Å²) in [5.74, 6) is -0.627. The molecule has 1 aliphatic rings. The number of rotatable bonds is 7. The number of nitrogens with one attached hydrogen (secondary N) is 1. The summed E-state index contributed by atoms with van der Waals surface area (Å²) in [6, 6.07) is -0.452. The summed E-state index contributed by atoms with van der Waals surface area (Å²) in [5, 5.41) is 2.50. The number of carbonyl (C=O) groups excluding carboxylic acids is 3. The molecule has 1 atom stereocenters. The van der Waals surface area contributed by atoms with Gasteiger partial charge in [0.25, 0.3) is 5.91 Å². The molecule has 1 N–H and O–H groups in total. The monoisotopic (exact) mass is 286 g/mol. The lowest BCUT2D eigenvalue weighted by atomic mass is 10.1. The Morgan fingerprint density at radius 1 is 1.35 bits per heavy atom. The number of hydrogen-bond donors (Lipinski definition) is 1. The smallest absolute Gasteiger partial charge is 0.335 e. The van der Waals surface area contributed by atoms with Crippen LogP contribution in [0.25, 0.3) is 0 Å². The minimum absolute atomic E-state index is 0.301. The predicted molar refractivity (Wildman–Crippen MR) is 70.9 cm³/mol. The van der Waals surface area contributed by atoms with Crippen molar-refractivity contribution in [2.45, 2.75) is 33.3 Å². The molecule has 20 heavy (non-hydrogen) atoms. The van der Waals surface area contributed by atoms with Crippen molar-refractivity contribution in [2.75, 3.05) is 26.3 Å². The topological polar surface area (TPSA) is 84.9 Å². The highest BCUT2D eigenvalue weighted by molar-refractivity contribution is 5.97. The fourth-order valence-corrected chi connectivity index (χ4v) is 1.59. The lowest BCUT2D eigenvalue weighted by molar-refractivity contribution is -0.160. The molecule has 0 aliphatic carbocycles. The molecule has 1 heterocycles. The molecule has 7 heteroatoms. The average Bonchev–Trinajstić information content (AvgIpc) is 2.81. The minimum Gasteiger partial charge on any atom is -0.454 e. The molecular formula is C13H22N2O5. The van der Waals surface area contributed by atoms with Gasteiger partial charge in [-0.25, -0.2) is 9.59 Å². The first-order chi connectivity index (χ1) is 9.41. The van der Waals surface area contributed by atoms with Crippen molar-refractivity contribution in [3.63, 3.8) is 0 Å². The van der Waals surface area contributed by atoms with Gasteiger partial charge in [-0.1, -0.05) is 13.8 Å². The quantitative estimate of drug-likeness (QED) is 0.690. The van der Waals surface area contributed by atoms with E-state index in [0.717, 1.165) is 11.3 Å². The van der Waals surface area contributed by atoms with Crippen molar-refractivity contribution in [2.24, 2.45) is 5.92 Å². The Labute approximate surface area is 118 Å². The number of ether oxygens (including phenoxy) is 2. The molecule has 114 valence electrons. The molecule has 0 bridgehead atoms. The normalized spacial score (nSPS) is 16.2. The van der Waals surface area contributed by atoms with Crippen molar-refractivity contribution in [1.29, 1.82) is 0 Å². The van der Waals surface area contributed by atoms with E-state index in [-0.39, 0.29) is 0 Å². The summed E-state index contributed by atoms with van der Waals surface area (Å²) in [6.07, 6.45) is 0.138. The highest BCUT2D eigenvalue weighted by Crippen LogP contribution is 2.03. The number of hydrogen-bond acceptors (Lipinski definition) is 5. The van der Waals surface area contributed by atoms with Crippen LogP contribution in [0, 0.1) is 5.92 Å². The molecule has 0 saturated carbocycles. The first-order valence-corrected chi connectivity index (χ1v) is 6.78. The third-order valence-electron chi connectivity index (χ3n) is 2.89. The van der Waals surface area contributed by atoms with Crippen LogP contribution in [-0.4, -0.2) is 55.2 Å². The Morgan fingerprint density at radius 3 is 2.60 bits per heavy atom. The summed E-state index contributed by atoms with van der Waals surface area (Å²) in [6.45, 7) is 6.46. The standard InChI is InChI=1S/C13H22N2O5/c1-9(2)4-7-19-10(3)12(17)20-8-11(16)15-6-5-14-13(15)18/h9-10H,4-8H2,1-3H3,(H,14,18). The average molecular weight is 286 g/mol. The summed E-state index contributed by atoms with van der Waals surface area (Å²) in [5.41, 5.74) is 0. The van der Waals surface area contributed by atoms with Gasteiger partial charge in [0.1, 0.15) is 0 Å². The van der Waals surface area contributed by atoms with E-state index < -0.39 is 30.6 Å². The summed E-state index contributed by atoms with van der Waals surface area (Å²) < 4.78 is 10.2. The van der Waals surface area contributed by atoms with Gasteiger partial charge < -0.3 is 14.8 Å². The van der Waals surface area contributed by atoms with Crippen molar-refractivity contribution >= 4 is 17.9 Å². The predicted octanol–water partition coefficient (Wildman–Crippen LogP) is 0.533. The van der Waals surface area contributed by atoms with Crippen LogP contribution in [0.1, 0.15) is 27.2 Å². The summed E-state index contributed by atoms with van der Waals surface area (Å²) in [7, 11) is 0. The maximum absolute atomic E-state index is 11.6. The van der Waals surface area contributed by atoms with Crippen LogP contribution in [0.2, 0.25) is 0 Å². The molecule has 1 rings (SSSR count). The number of imide groups is 1. The second kappa shape index (κ2) is 7.84. The second-order valence-corrected chi connectivity index (χ2v) is 5.08. The number of amides is 3. The Morgan fingerprint density at radius 2 is 2.05 bits per heavy atom. The third-order valence-corrected chi connectivity index (χ3v) is 2.89. The Balaban J connectivity index is 2.24. The zero-order chi connectivity index (χ0) is 15.1. The highest BCUT2D eigenvalue weighted by atomic mass is 16.6. The minimum atomic E-state index is -0.714. The maximum atomic E-state index is 11.6. The lowest BCUT2D eigenvalue weighted by Gasteiger charge is -2.15. The van der Waals surface area contributed by atoms with Gasteiger partial charge >= 0.3 is 12.0 Å². The molecule has 1 aliphatic heterocycles. The molecule has 1 saturated heterocycles. The largest absolute Gasteiger partial charge is 0.454 e. The van der Waals surface area contributed by atoms with Gasteiger partial charge in [0.05, 0.1) is 0 Å². The molecule has 1 fully saturated rings. The van der Waals surface area contributed by atoms with Gasteiger partial charge in [-0.3, -0.25) is 9.69 Å². The molecule has 0 radical (unpaired) electrons. The van der Waals surface area contributed by atoms with E-state index in [1.807, 2.05) is 0 Å². The molecular weight excluding hydrogens is 264 g/mol. The summed E-state index contributed by atoms with van der Waals surface area (Å²) >= 11 is 0. The van der Waals surface area contributed by atoms with Crippen LogP contribution in [0.4, 0.5) is 4.79 Å². The van der Waals surface area contributed by atoms with Gasteiger partial charge in [-0.15, -0.1) is 0 Å². The van der Waals surface area contributed by atoms with Crippen LogP contribution < -0.4 is 5.32 Å². The fraction of sp³-hybridized carbons (Fsp3) is 0.769. The van der Waals surface area contributed by atoms with Crippen LogP contribution in [0.3, 0.4) is 0 Å². The van der Waals surface area contributed by atoms with Crippen LogP contribution in [0.5, 0.6) is 0 Å². The molecule has 0 aromatic carbocycles. The second-order valence-electron chi connectivity index (χ2n) is 5.08. The van der Waals surface area contributed by atoms with E-state index in [9.17, 15) is 14.4 Å². The highest BCUT2D eigenvalue weighted by Gasteiger charge is 2.27. The zero-order valence-corrected chi connectivity index (χ0v) is 12.2. The van der Waals surface area contributed by atoms with E-state index in [0.29, 0.717) is 25.6 Å². The Bertz CT molecular complexity index is 370. The van der Waals surface area contributed by atoms with Crippen molar-refractivity contribution in [1.82, 2.24) is 10.2 Å².